The van der Waals surface area contributed by atoms with Crippen LogP contribution in [0.5, 0.6) is 0 Å². The number of rotatable bonds is 2. The molecule has 0 spiro atoms. The van der Waals surface area contributed by atoms with Gasteiger partial charge in [0.05, 0.1) is 5.69 Å². The van der Waals surface area contributed by atoms with E-state index in [1.807, 2.05) is 60.5 Å². The number of hydrogen-bond acceptors (Lipinski definition) is 2. The third kappa shape index (κ3) is 1.77. The summed E-state index contributed by atoms with van der Waals surface area (Å²) in [6, 6.07) is 11.8. The first-order chi connectivity index (χ1) is 10.8. The summed E-state index contributed by atoms with van der Waals surface area (Å²) in [5, 5.41) is 1.02. The van der Waals surface area contributed by atoms with Crippen LogP contribution in [0.15, 0.2) is 48.8 Å². The zero-order valence-electron chi connectivity index (χ0n) is 12.2. The highest BCUT2D eigenvalue weighted by molar-refractivity contribution is 6.36. The van der Waals surface area contributed by atoms with Crippen molar-refractivity contribution >= 4 is 34.3 Å². The van der Waals surface area contributed by atoms with Crippen molar-refractivity contribution in [1.29, 1.82) is 0 Å². The molecule has 0 saturated carbocycles. The molecular formula is C18H15N3O. The number of benzene rings is 1. The predicted molar refractivity (Wildman–Crippen MR) is 88.4 cm³/mol. The number of aromatic amines is 1. The minimum atomic E-state index is 0.0574. The molecule has 0 atom stereocenters. The van der Waals surface area contributed by atoms with E-state index in [1.54, 1.807) is 6.20 Å². The van der Waals surface area contributed by atoms with Gasteiger partial charge in [0.1, 0.15) is 5.65 Å². The van der Waals surface area contributed by atoms with Gasteiger partial charge < -0.3 is 9.88 Å². The Labute approximate surface area is 128 Å². The molecule has 1 aromatic carbocycles. The van der Waals surface area contributed by atoms with Crippen molar-refractivity contribution in [3.05, 3.63) is 59.9 Å². The standard InChI is InChI=1S/C18H15N3O/c1-2-21-16-8-4-3-6-14(16)15(18(21)22)10-12-11-20-17-13(12)7-5-9-19-17/h3-11H,2H2,1H3,(H,19,20)/b15-10+. The van der Waals surface area contributed by atoms with E-state index in [-0.39, 0.29) is 5.91 Å². The molecule has 1 aliphatic heterocycles. The highest BCUT2D eigenvalue weighted by atomic mass is 16.2. The van der Waals surface area contributed by atoms with Crippen molar-refractivity contribution in [3.63, 3.8) is 0 Å². The monoisotopic (exact) mass is 289 g/mol. The van der Waals surface area contributed by atoms with E-state index < -0.39 is 0 Å². The molecule has 0 fully saturated rings. The molecule has 0 unspecified atom stereocenters. The van der Waals surface area contributed by atoms with Crippen LogP contribution in [0.4, 0.5) is 5.69 Å². The summed E-state index contributed by atoms with van der Waals surface area (Å²) in [4.78, 5) is 21.9. The van der Waals surface area contributed by atoms with E-state index in [0.29, 0.717) is 6.54 Å². The summed E-state index contributed by atoms with van der Waals surface area (Å²) in [5.41, 5.74) is 4.54. The summed E-state index contributed by atoms with van der Waals surface area (Å²) in [6.45, 7) is 2.66. The Balaban J connectivity index is 1.90. The van der Waals surface area contributed by atoms with Crippen LogP contribution in [0.1, 0.15) is 18.1 Å². The van der Waals surface area contributed by atoms with Gasteiger partial charge in [0.25, 0.3) is 5.91 Å². The molecule has 3 heterocycles. The van der Waals surface area contributed by atoms with E-state index in [0.717, 1.165) is 33.4 Å². The second-order valence-electron chi connectivity index (χ2n) is 5.27. The normalized spacial score (nSPS) is 15.8. The molecule has 2 aromatic heterocycles. The van der Waals surface area contributed by atoms with Crippen LogP contribution in [0.3, 0.4) is 0 Å². The van der Waals surface area contributed by atoms with E-state index in [9.17, 15) is 4.79 Å². The quantitative estimate of drug-likeness (QED) is 0.734. The minimum Gasteiger partial charge on any atom is -0.346 e. The molecule has 22 heavy (non-hydrogen) atoms. The highest BCUT2D eigenvalue weighted by Gasteiger charge is 2.30. The topological polar surface area (TPSA) is 49.0 Å². The van der Waals surface area contributed by atoms with Crippen molar-refractivity contribution in [2.75, 3.05) is 11.4 Å². The average molecular weight is 289 g/mol. The van der Waals surface area contributed by atoms with Gasteiger partial charge >= 0.3 is 0 Å². The fourth-order valence-corrected chi connectivity index (χ4v) is 3.01. The number of aromatic nitrogens is 2. The van der Waals surface area contributed by atoms with Gasteiger partial charge in [-0.3, -0.25) is 4.79 Å². The van der Waals surface area contributed by atoms with Crippen molar-refractivity contribution in [3.8, 4) is 0 Å². The summed E-state index contributed by atoms with van der Waals surface area (Å²) in [6.07, 6.45) is 5.61. The van der Waals surface area contributed by atoms with Crippen LogP contribution in [0.25, 0.3) is 22.7 Å². The predicted octanol–water partition coefficient (Wildman–Crippen LogP) is 3.47. The van der Waals surface area contributed by atoms with Crippen LogP contribution in [-0.4, -0.2) is 22.4 Å². The maximum absolute atomic E-state index is 12.7. The molecular weight excluding hydrogens is 274 g/mol. The number of H-pyrrole nitrogens is 1. The molecule has 4 rings (SSSR count). The Kier molecular flexibility index (Phi) is 2.82. The Morgan fingerprint density at radius 3 is 2.95 bits per heavy atom. The summed E-state index contributed by atoms with van der Waals surface area (Å²) < 4.78 is 0. The minimum absolute atomic E-state index is 0.0574. The van der Waals surface area contributed by atoms with E-state index in [1.165, 1.54) is 0 Å². The lowest BCUT2D eigenvalue weighted by molar-refractivity contribution is -0.112. The number of fused-ring (bicyclic) bond motifs is 2. The van der Waals surface area contributed by atoms with Gasteiger partial charge in [-0.25, -0.2) is 4.98 Å². The number of carbonyl (C=O) groups is 1. The maximum Gasteiger partial charge on any atom is 0.258 e. The smallest absolute Gasteiger partial charge is 0.258 e. The molecule has 3 aromatic rings. The Morgan fingerprint density at radius 2 is 2.09 bits per heavy atom. The first-order valence-corrected chi connectivity index (χ1v) is 7.34. The van der Waals surface area contributed by atoms with Crippen LogP contribution in [0, 0.1) is 0 Å². The number of likely N-dealkylation sites (N-methyl/N-ethyl adjacent to an activating group) is 1. The Bertz CT molecular complexity index is 907. The van der Waals surface area contributed by atoms with Crippen LogP contribution >= 0.6 is 0 Å². The second-order valence-corrected chi connectivity index (χ2v) is 5.27. The third-order valence-corrected chi connectivity index (χ3v) is 4.06. The highest BCUT2D eigenvalue weighted by Crippen LogP contribution is 2.37. The molecule has 1 N–H and O–H groups in total. The zero-order chi connectivity index (χ0) is 15.1. The van der Waals surface area contributed by atoms with Crippen LogP contribution in [0.2, 0.25) is 0 Å². The first-order valence-electron chi connectivity index (χ1n) is 7.34. The fourth-order valence-electron chi connectivity index (χ4n) is 3.01. The molecule has 0 bridgehead atoms. The zero-order valence-corrected chi connectivity index (χ0v) is 12.2. The number of anilines is 1. The first kappa shape index (κ1) is 12.8. The van der Waals surface area contributed by atoms with Crippen molar-refractivity contribution < 1.29 is 4.79 Å². The average Bonchev–Trinajstić information content (AvgIpc) is 3.08. The molecule has 4 nitrogen and oxygen atoms in total. The van der Waals surface area contributed by atoms with Gasteiger partial charge in [-0.05, 0) is 31.2 Å². The lowest BCUT2D eigenvalue weighted by Gasteiger charge is -2.13. The maximum atomic E-state index is 12.7. The van der Waals surface area contributed by atoms with E-state index in [2.05, 4.69) is 9.97 Å². The molecule has 0 aliphatic carbocycles. The molecule has 108 valence electrons. The number of para-hydroxylation sites is 1. The number of pyridine rings is 1. The van der Waals surface area contributed by atoms with Crippen LogP contribution < -0.4 is 4.90 Å². The van der Waals surface area contributed by atoms with Crippen molar-refractivity contribution in [2.45, 2.75) is 6.92 Å². The summed E-state index contributed by atoms with van der Waals surface area (Å²) >= 11 is 0. The second kappa shape index (κ2) is 4.84. The summed E-state index contributed by atoms with van der Waals surface area (Å²) in [5.74, 6) is 0.0574. The van der Waals surface area contributed by atoms with Gasteiger partial charge in [-0.1, -0.05) is 18.2 Å². The number of nitrogens with one attached hydrogen (secondary N) is 1. The molecule has 0 radical (unpaired) electrons. The fraction of sp³-hybridized carbons (Fsp3) is 0.111. The van der Waals surface area contributed by atoms with Gasteiger partial charge in [-0.2, -0.15) is 0 Å². The summed E-state index contributed by atoms with van der Waals surface area (Å²) in [7, 11) is 0. The Morgan fingerprint density at radius 1 is 1.23 bits per heavy atom. The lowest BCUT2D eigenvalue weighted by atomic mass is 10.0. The SMILES string of the molecule is CCN1C(=O)/C(=C/c2c[nH]c3ncccc23)c2ccccc21. The van der Waals surface area contributed by atoms with Gasteiger partial charge in [0.15, 0.2) is 0 Å². The molecule has 0 saturated heterocycles. The van der Waals surface area contributed by atoms with Gasteiger partial charge in [0.2, 0.25) is 0 Å². The number of carbonyl (C=O) groups excluding carboxylic acids is 1. The largest absolute Gasteiger partial charge is 0.346 e. The van der Waals surface area contributed by atoms with Crippen LogP contribution in [-0.2, 0) is 4.79 Å². The molecule has 1 aliphatic rings. The van der Waals surface area contributed by atoms with E-state index >= 15 is 0 Å². The third-order valence-electron chi connectivity index (χ3n) is 4.06. The Hall–Kier alpha value is -2.88. The van der Waals surface area contributed by atoms with Gasteiger partial charge in [-0.15, -0.1) is 0 Å². The number of nitrogens with zero attached hydrogens (tertiary/aromatic N) is 2. The van der Waals surface area contributed by atoms with E-state index in [4.69, 9.17) is 0 Å². The number of amides is 1. The number of hydrogen-bond donors (Lipinski definition) is 1. The molecule has 1 amide bonds. The van der Waals surface area contributed by atoms with Crippen molar-refractivity contribution in [2.24, 2.45) is 0 Å². The molecule has 4 heteroatoms. The lowest BCUT2D eigenvalue weighted by Crippen LogP contribution is -2.25. The van der Waals surface area contributed by atoms with Gasteiger partial charge in [0, 0.05) is 41.0 Å². The van der Waals surface area contributed by atoms with Crippen molar-refractivity contribution in [1.82, 2.24) is 9.97 Å².